The Kier molecular flexibility index (Phi) is 3.90. The summed E-state index contributed by atoms with van der Waals surface area (Å²) in [6.45, 7) is 1.40. The Morgan fingerprint density at radius 1 is 1.14 bits per heavy atom. The average Bonchev–Trinajstić information content (AvgIpc) is 2.49. The number of aliphatic hydroxyl groups is 1. The molecule has 0 fully saturated rings. The summed E-state index contributed by atoms with van der Waals surface area (Å²) >= 11 is 0. The molecule has 2 aromatic rings. The smallest absolute Gasteiger partial charge is 0.322 e. The third-order valence-electron chi connectivity index (χ3n) is 2.97. The zero-order valence-corrected chi connectivity index (χ0v) is 11.8. The lowest BCUT2D eigenvalue weighted by Crippen LogP contribution is -2.28. The Bertz CT molecular complexity index is 642. The van der Waals surface area contributed by atoms with Gasteiger partial charge >= 0.3 is 12.0 Å². The monoisotopic (exact) mass is 294 g/mol. The molecule has 1 atom stereocenters. The van der Waals surface area contributed by atoms with Crippen molar-refractivity contribution in [2.24, 2.45) is 0 Å². The van der Waals surface area contributed by atoms with Gasteiger partial charge in [-0.05, 0) is 13.0 Å². The summed E-state index contributed by atoms with van der Waals surface area (Å²) in [7, 11) is 2.73. The van der Waals surface area contributed by atoms with E-state index in [1.807, 2.05) is 0 Å². The van der Waals surface area contributed by atoms with E-state index in [9.17, 15) is 9.50 Å². The van der Waals surface area contributed by atoms with Crippen molar-refractivity contribution in [1.82, 2.24) is 15.0 Å². The van der Waals surface area contributed by atoms with E-state index >= 15 is 0 Å². The van der Waals surface area contributed by atoms with Crippen LogP contribution in [0.3, 0.4) is 0 Å². The first kappa shape index (κ1) is 14.9. The molecule has 21 heavy (non-hydrogen) atoms. The summed E-state index contributed by atoms with van der Waals surface area (Å²) in [6, 6.07) is 4.05. The summed E-state index contributed by atoms with van der Waals surface area (Å²) in [5, 5.41) is 10.7. The van der Waals surface area contributed by atoms with Gasteiger partial charge < -0.3 is 20.3 Å². The first-order valence-corrected chi connectivity index (χ1v) is 6.01. The minimum Gasteiger partial charge on any atom is -0.467 e. The lowest BCUT2D eigenvalue weighted by molar-refractivity contribution is 0.0900. The minimum absolute atomic E-state index is 0.0351. The van der Waals surface area contributed by atoms with Crippen molar-refractivity contribution in [1.29, 1.82) is 0 Å². The molecule has 1 aromatic heterocycles. The highest BCUT2D eigenvalue weighted by molar-refractivity contribution is 5.52. The number of hydrogen-bond acceptors (Lipinski definition) is 7. The number of anilines is 1. The first-order valence-electron chi connectivity index (χ1n) is 6.01. The molecule has 7 nitrogen and oxygen atoms in total. The number of ether oxygens (including phenoxy) is 2. The number of nitrogens with two attached hydrogens (primary N) is 1. The van der Waals surface area contributed by atoms with Gasteiger partial charge in [0.1, 0.15) is 11.4 Å². The molecule has 1 unspecified atom stereocenters. The molecule has 0 bridgehead atoms. The largest absolute Gasteiger partial charge is 0.467 e. The normalized spacial score (nSPS) is 13.6. The molecule has 112 valence electrons. The predicted molar refractivity (Wildman–Crippen MR) is 72.4 cm³/mol. The van der Waals surface area contributed by atoms with Crippen LogP contribution in [-0.4, -0.2) is 34.3 Å². The lowest BCUT2D eigenvalue weighted by atomic mass is 9.93. The molecular weight excluding hydrogens is 279 g/mol. The fourth-order valence-electron chi connectivity index (χ4n) is 1.82. The van der Waals surface area contributed by atoms with Crippen molar-refractivity contribution >= 4 is 5.69 Å². The molecule has 1 heterocycles. The van der Waals surface area contributed by atoms with Crippen LogP contribution in [0.4, 0.5) is 10.1 Å². The fraction of sp³-hybridized carbons (Fsp3) is 0.308. The van der Waals surface area contributed by atoms with E-state index in [2.05, 4.69) is 15.0 Å². The summed E-state index contributed by atoms with van der Waals surface area (Å²) < 4.78 is 23.4. The van der Waals surface area contributed by atoms with E-state index in [0.29, 0.717) is 0 Å². The highest BCUT2D eigenvalue weighted by Gasteiger charge is 2.33. The van der Waals surface area contributed by atoms with Gasteiger partial charge in [0.15, 0.2) is 5.82 Å². The molecule has 0 aliphatic heterocycles. The molecule has 0 aliphatic rings. The van der Waals surface area contributed by atoms with Crippen LogP contribution in [0.15, 0.2) is 18.2 Å². The SMILES string of the molecule is COc1nc(OC)nc(C(C)(O)c2cccc(F)c2N)n1. The number of aromatic nitrogens is 3. The van der Waals surface area contributed by atoms with E-state index in [-0.39, 0.29) is 29.1 Å². The second-order valence-electron chi connectivity index (χ2n) is 4.41. The van der Waals surface area contributed by atoms with Gasteiger partial charge in [-0.1, -0.05) is 12.1 Å². The van der Waals surface area contributed by atoms with Crippen LogP contribution in [-0.2, 0) is 5.60 Å². The van der Waals surface area contributed by atoms with Crippen molar-refractivity contribution in [3.63, 3.8) is 0 Å². The third-order valence-corrected chi connectivity index (χ3v) is 2.97. The van der Waals surface area contributed by atoms with E-state index in [0.717, 1.165) is 0 Å². The fourth-order valence-corrected chi connectivity index (χ4v) is 1.82. The number of rotatable bonds is 4. The maximum atomic E-state index is 13.6. The van der Waals surface area contributed by atoms with Crippen molar-refractivity contribution in [3.05, 3.63) is 35.4 Å². The van der Waals surface area contributed by atoms with Gasteiger partial charge in [-0.15, -0.1) is 4.98 Å². The average molecular weight is 294 g/mol. The number of benzene rings is 1. The van der Waals surface area contributed by atoms with E-state index in [4.69, 9.17) is 15.2 Å². The van der Waals surface area contributed by atoms with Gasteiger partial charge in [-0.2, -0.15) is 9.97 Å². The van der Waals surface area contributed by atoms with Crippen LogP contribution in [0.1, 0.15) is 18.3 Å². The van der Waals surface area contributed by atoms with Gasteiger partial charge in [-0.25, -0.2) is 4.39 Å². The van der Waals surface area contributed by atoms with Crippen molar-refractivity contribution in [3.8, 4) is 12.0 Å². The molecule has 0 saturated heterocycles. The molecule has 2 rings (SSSR count). The van der Waals surface area contributed by atoms with Crippen LogP contribution < -0.4 is 15.2 Å². The van der Waals surface area contributed by atoms with Crippen LogP contribution in [0.5, 0.6) is 12.0 Å². The number of nitrogen functional groups attached to an aromatic ring is 1. The number of para-hydroxylation sites is 1. The third kappa shape index (κ3) is 2.70. The Morgan fingerprint density at radius 3 is 2.24 bits per heavy atom. The number of halogens is 1. The summed E-state index contributed by atoms with van der Waals surface area (Å²) in [6.07, 6.45) is 0. The Morgan fingerprint density at radius 2 is 1.71 bits per heavy atom. The number of nitrogens with zero attached hydrogens (tertiary/aromatic N) is 3. The van der Waals surface area contributed by atoms with E-state index in [1.54, 1.807) is 0 Å². The van der Waals surface area contributed by atoms with Crippen molar-refractivity contribution < 1.29 is 19.0 Å². The maximum absolute atomic E-state index is 13.6. The molecule has 0 radical (unpaired) electrons. The molecular formula is C13H15FN4O3. The van der Waals surface area contributed by atoms with E-state index in [1.165, 1.54) is 39.3 Å². The molecule has 0 spiro atoms. The second kappa shape index (κ2) is 5.49. The Labute approximate surface area is 120 Å². The zero-order chi connectivity index (χ0) is 15.6. The standard InChI is InChI=1S/C13H15FN4O3/c1-13(19,7-5-4-6-8(14)9(7)15)10-16-11(20-2)18-12(17-10)21-3/h4-6,19H,15H2,1-3H3. The van der Waals surface area contributed by atoms with Crippen LogP contribution in [0, 0.1) is 5.82 Å². The Hall–Kier alpha value is -2.48. The molecule has 1 aromatic carbocycles. The quantitative estimate of drug-likeness (QED) is 0.806. The maximum Gasteiger partial charge on any atom is 0.322 e. The van der Waals surface area contributed by atoms with Crippen LogP contribution >= 0.6 is 0 Å². The minimum atomic E-state index is -1.74. The summed E-state index contributed by atoms with van der Waals surface area (Å²) in [5.74, 6) is -0.704. The van der Waals surface area contributed by atoms with Gasteiger partial charge in [-0.3, -0.25) is 0 Å². The molecule has 3 N–H and O–H groups in total. The molecule has 0 saturated carbocycles. The summed E-state index contributed by atoms with van der Waals surface area (Å²) in [5.41, 5.74) is 3.90. The van der Waals surface area contributed by atoms with Crippen molar-refractivity contribution in [2.45, 2.75) is 12.5 Å². The lowest BCUT2D eigenvalue weighted by Gasteiger charge is -2.24. The van der Waals surface area contributed by atoms with Crippen molar-refractivity contribution in [2.75, 3.05) is 20.0 Å². The zero-order valence-electron chi connectivity index (χ0n) is 11.8. The molecule has 0 aliphatic carbocycles. The van der Waals surface area contributed by atoms with E-state index < -0.39 is 11.4 Å². The first-order chi connectivity index (χ1) is 9.90. The predicted octanol–water partition coefficient (Wildman–Crippen LogP) is 0.866. The Balaban J connectivity index is 2.60. The van der Waals surface area contributed by atoms with Gasteiger partial charge in [0.25, 0.3) is 0 Å². The summed E-state index contributed by atoms with van der Waals surface area (Å²) in [4.78, 5) is 11.8. The number of methoxy groups -OCH3 is 2. The molecule has 8 heteroatoms. The highest BCUT2D eigenvalue weighted by Crippen LogP contribution is 2.33. The van der Waals surface area contributed by atoms with Crippen LogP contribution in [0.25, 0.3) is 0 Å². The molecule has 0 amide bonds. The number of hydrogen-bond donors (Lipinski definition) is 2. The topological polar surface area (TPSA) is 103 Å². The van der Waals surface area contributed by atoms with Gasteiger partial charge in [0.2, 0.25) is 0 Å². The highest BCUT2D eigenvalue weighted by atomic mass is 19.1. The van der Waals surface area contributed by atoms with Gasteiger partial charge in [0.05, 0.1) is 19.9 Å². The second-order valence-corrected chi connectivity index (χ2v) is 4.41. The van der Waals surface area contributed by atoms with Gasteiger partial charge in [0, 0.05) is 5.56 Å². The van der Waals surface area contributed by atoms with Crippen LogP contribution in [0.2, 0.25) is 0 Å².